The minimum atomic E-state index is -1.00. The van der Waals surface area contributed by atoms with Crippen LogP contribution in [0.15, 0.2) is 35.2 Å². The van der Waals surface area contributed by atoms with Crippen molar-refractivity contribution in [2.75, 3.05) is 11.9 Å². The highest BCUT2D eigenvalue weighted by atomic mass is 32.1. The van der Waals surface area contributed by atoms with Gasteiger partial charge in [0.05, 0.1) is 0 Å². The molecule has 1 N–H and O–H groups in total. The summed E-state index contributed by atoms with van der Waals surface area (Å²) in [5.41, 5.74) is 2.13. The number of hydrogen-bond acceptors (Lipinski definition) is 4. The number of thiophene rings is 1. The van der Waals surface area contributed by atoms with E-state index in [-0.39, 0.29) is 5.69 Å². The van der Waals surface area contributed by atoms with Crippen LogP contribution < -0.4 is 4.90 Å². The summed E-state index contributed by atoms with van der Waals surface area (Å²) in [6.07, 6.45) is 1.52. The topological polar surface area (TPSA) is 53.4 Å². The first kappa shape index (κ1) is 11.6. The largest absolute Gasteiger partial charge is 0.477 e. The van der Waals surface area contributed by atoms with Gasteiger partial charge >= 0.3 is 5.97 Å². The van der Waals surface area contributed by atoms with Gasteiger partial charge in [0, 0.05) is 25.5 Å². The van der Waals surface area contributed by atoms with Crippen molar-refractivity contribution in [3.63, 3.8) is 0 Å². The van der Waals surface area contributed by atoms with E-state index in [1.807, 2.05) is 17.3 Å². The minimum Gasteiger partial charge on any atom is -0.477 e. The van der Waals surface area contributed by atoms with Gasteiger partial charge in [-0.05, 0) is 34.5 Å². The molecule has 2 aromatic rings. The molecule has 0 aliphatic heterocycles. The number of carboxylic acid groups (broad SMARTS) is 1. The van der Waals surface area contributed by atoms with Crippen LogP contribution in [0, 0.1) is 0 Å². The predicted octanol–water partition coefficient (Wildman–Crippen LogP) is 2.48. The van der Waals surface area contributed by atoms with E-state index in [1.165, 1.54) is 11.8 Å². The van der Waals surface area contributed by atoms with Crippen LogP contribution in [-0.2, 0) is 6.54 Å². The van der Waals surface area contributed by atoms with E-state index >= 15 is 0 Å². The molecule has 17 heavy (non-hydrogen) atoms. The number of carbonyl (C=O) groups is 1. The van der Waals surface area contributed by atoms with Gasteiger partial charge in [0.25, 0.3) is 0 Å². The second kappa shape index (κ2) is 4.97. The molecule has 0 spiro atoms. The summed E-state index contributed by atoms with van der Waals surface area (Å²) >= 11 is 1.65. The highest BCUT2D eigenvalue weighted by Crippen LogP contribution is 2.17. The van der Waals surface area contributed by atoms with Gasteiger partial charge < -0.3 is 10.0 Å². The Hall–Kier alpha value is -1.88. The fourth-order valence-corrected chi connectivity index (χ4v) is 2.18. The van der Waals surface area contributed by atoms with Gasteiger partial charge in [0.2, 0.25) is 0 Å². The number of carboxylic acids is 1. The van der Waals surface area contributed by atoms with Crippen molar-refractivity contribution in [3.8, 4) is 0 Å². The van der Waals surface area contributed by atoms with Crippen molar-refractivity contribution in [2.45, 2.75) is 6.54 Å². The van der Waals surface area contributed by atoms with Crippen molar-refractivity contribution < 1.29 is 9.90 Å². The Morgan fingerprint density at radius 3 is 3.00 bits per heavy atom. The van der Waals surface area contributed by atoms with Crippen LogP contribution in [0.25, 0.3) is 0 Å². The van der Waals surface area contributed by atoms with E-state index in [0.717, 1.165) is 12.2 Å². The lowest BCUT2D eigenvalue weighted by atomic mass is 10.2. The van der Waals surface area contributed by atoms with Crippen LogP contribution in [0.5, 0.6) is 0 Å². The van der Waals surface area contributed by atoms with E-state index in [9.17, 15) is 4.79 Å². The van der Waals surface area contributed by atoms with Gasteiger partial charge in [-0.1, -0.05) is 0 Å². The Morgan fingerprint density at radius 1 is 1.53 bits per heavy atom. The maximum atomic E-state index is 10.8. The standard InChI is InChI=1S/C12H12N2O2S/c1-14(7-9-3-5-17-8-9)10-2-4-13-11(6-10)12(15)16/h2-6,8H,7H2,1H3,(H,15,16). The van der Waals surface area contributed by atoms with E-state index in [1.54, 1.807) is 23.5 Å². The summed E-state index contributed by atoms with van der Waals surface area (Å²) in [5.74, 6) is -1.00. The van der Waals surface area contributed by atoms with Crippen LogP contribution in [-0.4, -0.2) is 23.1 Å². The van der Waals surface area contributed by atoms with E-state index in [4.69, 9.17) is 5.11 Å². The number of anilines is 1. The summed E-state index contributed by atoms with van der Waals surface area (Å²) in [7, 11) is 1.93. The Balaban J connectivity index is 2.16. The maximum absolute atomic E-state index is 10.8. The zero-order valence-corrected chi connectivity index (χ0v) is 10.1. The third kappa shape index (κ3) is 2.82. The first-order chi connectivity index (χ1) is 8.16. The SMILES string of the molecule is CN(Cc1ccsc1)c1ccnc(C(=O)O)c1. The van der Waals surface area contributed by atoms with Crippen LogP contribution in [0.4, 0.5) is 5.69 Å². The quantitative estimate of drug-likeness (QED) is 0.903. The molecule has 2 heterocycles. The van der Waals surface area contributed by atoms with Gasteiger partial charge in [-0.25, -0.2) is 9.78 Å². The molecule has 0 aliphatic rings. The third-order valence-electron chi connectivity index (χ3n) is 2.40. The lowest BCUT2D eigenvalue weighted by Gasteiger charge is -2.18. The molecule has 0 saturated carbocycles. The maximum Gasteiger partial charge on any atom is 0.354 e. The van der Waals surface area contributed by atoms with Crippen molar-refractivity contribution in [3.05, 3.63) is 46.4 Å². The molecule has 0 unspecified atom stereocenters. The first-order valence-corrected chi connectivity index (χ1v) is 6.02. The molecule has 4 nitrogen and oxygen atoms in total. The van der Waals surface area contributed by atoms with Crippen molar-refractivity contribution >= 4 is 23.0 Å². The van der Waals surface area contributed by atoms with Crippen molar-refractivity contribution in [2.24, 2.45) is 0 Å². The minimum absolute atomic E-state index is 0.0691. The lowest BCUT2D eigenvalue weighted by molar-refractivity contribution is 0.0690. The number of pyridine rings is 1. The number of aromatic carboxylic acids is 1. The Bertz CT molecular complexity index is 511. The molecule has 2 rings (SSSR count). The van der Waals surface area contributed by atoms with Gasteiger partial charge in [-0.15, -0.1) is 0 Å². The first-order valence-electron chi connectivity index (χ1n) is 5.08. The molecule has 0 amide bonds. The van der Waals surface area contributed by atoms with Crippen LogP contribution in [0.2, 0.25) is 0 Å². The molecule has 88 valence electrons. The molecule has 0 aliphatic carbocycles. The normalized spacial score (nSPS) is 10.2. The predicted molar refractivity (Wildman–Crippen MR) is 67.6 cm³/mol. The Kier molecular flexibility index (Phi) is 3.39. The van der Waals surface area contributed by atoms with Crippen LogP contribution >= 0.6 is 11.3 Å². The zero-order chi connectivity index (χ0) is 12.3. The van der Waals surface area contributed by atoms with Gasteiger partial charge in [0.15, 0.2) is 0 Å². The zero-order valence-electron chi connectivity index (χ0n) is 9.33. The third-order valence-corrected chi connectivity index (χ3v) is 3.14. The molecule has 0 radical (unpaired) electrons. The number of aromatic nitrogens is 1. The summed E-state index contributed by atoms with van der Waals surface area (Å²) in [4.78, 5) is 16.6. The van der Waals surface area contributed by atoms with Crippen LogP contribution in [0.1, 0.15) is 16.1 Å². The van der Waals surface area contributed by atoms with Gasteiger partial charge in [-0.2, -0.15) is 11.3 Å². The number of rotatable bonds is 4. The lowest BCUT2D eigenvalue weighted by Crippen LogP contribution is -2.16. The van der Waals surface area contributed by atoms with Crippen molar-refractivity contribution in [1.82, 2.24) is 4.98 Å². The highest BCUT2D eigenvalue weighted by Gasteiger charge is 2.08. The van der Waals surface area contributed by atoms with E-state index < -0.39 is 5.97 Å². The van der Waals surface area contributed by atoms with E-state index in [2.05, 4.69) is 16.4 Å². The average molecular weight is 248 g/mol. The van der Waals surface area contributed by atoms with Crippen molar-refractivity contribution in [1.29, 1.82) is 0 Å². The molecule has 0 atom stereocenters. The molecule has 0 bridgehead atoms. The second-order valence-electron chi connectivity index (χ2n) is 3.69. The molecule has 0 saturated heterocycles. The molecule has 5 heteroatoms. The highest BCUT2D eigenvalue weighted by molar-refractivity contribution is 7.07. The Morgan fingerprint density at radius 2 is 2.35 bits per heavy atom. The van der Waals surface area contributed by atoms with Gasteiger partial charge in [0.1, 0.15) is 5.69 Å². The Labute approximate surface area is 103 Å². The fraction of sp³-hybridized carbons (Fsp3) is 0.167. The summed E-state index contributed by atoms with van der Waals surface area (Å²) in [6.45, 7) is 0.757. The molecular formula is C12H12N2O2S. The molecule has 0 fully saturated rings. The number of nitrogens with zero attached hydrogens (tertiary/aromatic N) is 2. The molecule has 2 aromatic heterocycles. The summed E-state index contributed by atoms with van der Waals surface area (Å²) in [6, 6.07) is 5.44. The molecule has 0 aromatic carbocycles. The van der Waals surface area contributed by atoms with Gasteiger partial charge in [-0.3, -0.25) is 0 Å². The molecular weight excluding hydrogens is 236 g/mol. The van der Waals surface area contributed by atoms with Crippen LogP contribution in [0.3, 0.4) is 0 Å². The second-order valence-corrected chi connectivity index (χ2v) is 4.47. The summed E-state index contributed by atoms with van der Waals surface area (Å²) < 4.78 is 0. The monoisotopic (exact) mass is 248 g/mol. The smallest absolute Gasteiger partial charge is 0.354 e. The average Bonchev–Trinajstić information content (AvgIpc) is 2.82. The fourth-order valence-electron chi connectivity index (χ4n) is 1.52. The number of hydrogen-bond donors (Lipinski definition) is 1. The van der Waals surface area contributed by atoms with E-state index in [0.29, 0.717) is 0 Å². The summed E-state index contributed by atoms with van der Waals surface area (Å²) in [5, 5.41) is 13.0.